The Labute approximate surface area is 115 Å². The highest BCUT2D eigenvalue weighted by atomic mass is 16.5. The van der Waals surface area contributed by atoms with Gasteiger partial charge < -0.3 is 9.84 Å². The van der Waals surface area contributed by atoms with E-state index < -0.39 is 0 Å². The Hall–Kier alpha value is -0.570. The van der Waals surface area contributed by atoms with Crippen LogP contribution < -0.4 is 0 Å². The first-order valence-electron chi connectivity index (χ1n) is 7.64. The molecule has 2 unspecified atom stereocenters. The predicted molar refractivity (Wildman–Crippen MR) is 72.4 cm³/mol. The Kier molecular flexibility index (Phi) is 2.97. The van der Waals surface area contributed by atoms with Crippen molar-refractivity contribution >= 4 is 5.97 Å². The van der Waals surface area contributed by atoms with Crippen LogP contribution >= 0.6 is 0 Å². The Morgan fingerprint density at radius 3 is 2.32 bits per heavy atom. The van der Waals surface area contributed by atoms with Crippen molar-refractivity contribution in [2.75, 3.05) is 6.61 Å². The van der Waals surface area contributed by atoms with Gasteiger partial charge in [0.15, 0.2) is 0 Å². The van der Waals surface area contributed by atoms with Gasteiger partial charge in [0, 0.05) is 0 Å². The average Bonchev–Trinajstić information content (AvgIpc) is 2.30. The zero-order valence-corrected chi connectivity index (χ0v) is 12.3. The lowest BCUT2D eigenvalue weighted by atomic mass is 9.48. The van der Waals surface area contributed by atoms with Crippen LogP contribution in [0, 0.1) is 28.6 Å². The summed E-state index contributed by atoms with van der Waals surface area (Å²) in [4.78, 5) is 12.5. The summed E-state index contributed by atoms with van der Waals surface area (Å²) in [5.41, 5.74) is -0.238. The zero-order valence-electron chi connectivity index (χ0n) is 12.3. The fourth-order valence-electron chi connectivity index (χ4n) is 4.68. The second-order valence-electron chi connectivity index (χ2n) is 8.38. The first kappa shape index (κ1) is 13.4. The molecule has 4 aliphatic carbocycles. The Bertz CT molecular complexity index is 366. The van der Waals surface area contributed by atoms with Gasteiger partial charge in [-0.2, -0.15) is 0 Å². The van der Waals surface area contributed by atoms with E-state index in [1.54, 1.807) is 0 Å². The van der Waals surface area contributed by atoms with Crippen LogP contribution in [0.4, 0.5) is 0 Å². The van der Waals surface area contributed by atoms with E-state index in [2.05, 4.69) is 20.8 Å². The number of aliphatic hydroxyl groups excluding tert-OH is 1. The van der Waals surface area contributed by atoms with Crippen LogP contribution in [-0.2, 0) is 9.53 Å². The molecule has 0 spiro atoms. The van der Waals surface area contributed by atoms with Gasteiger partial charge >= 0.3 is 5.97 Å². The maximum absolute atomic E-state index is 12.5. The first-order chi connectivity index (χ1) is 8.79. The van der Waals surface area contributed by atoms with Crippen molar-refractivity contribution in [3.8, 4) is 0 Å². The van der Waals surface area contributed by atoms with Gasteiger partial charge in [-0.3, -0.25) is 4.79 Å². The summed E-state index contributed by atoms with van der Waals surface area (Å²) >= 11 is 0. The zero-order chi connectivity index (χ0) is 13.8. The second kappa shape index (κ2) is 4.21. The van der Waals surface area contributed by atoms with Crippen LogP contribution in [0.25, 0.3) is 0 Å². The van der Waals surface area contributed by atoms with Crippen LogP contribution in [0.5, 0.6) is 0 Å². The maximum Gasteiger partial charge on any atom is 0.312 e. The lowest BCUT2D eigenvalue weighted by Gasteiger charge is -2.57. The van der Waals surface area contributed by atoms with Gasteiger partial charge in [-0.25, -0.2) is 0 Å². The molecule has 2 atom stereocenters. The number of aliphatic hydroxyl groups is 1. The summed E-state index contributed by atoms with van der Waals surface area (Å²) in [6, 6.07) is 0. The fourth-order valence-corrected chi connectivity index (χ4v) is 4.68. The molecule has 3 heteroatoms. The van der Waals surface area contributed by atoms with Crippen molar-refractivity contribution in [3.63, 3.8) is 0 Å². The highest BCUT2D eigenvalue weighted by Gasteiger charge is 2.58. The number of hydrogen-bond acceptors (Lipinski definition) is 3. The van der Waals surface area contributed by atoms with Gasteiger partial charge in [-0.1, -0.05) is 20.8 Å². The van der Waals surface area contributed by atoms with Crippen molar-refractivity contribution in [3.05, 3.63) is 0 Å². The van der Waals surface area contributed by atoms with Crippen LogP contribution in [0.3, 0.4) is 0 Å². The van der Waals surface area contributed by atoms with Gasteiger partial charge in [0.25, 0.3) is 0 Å². The molecule has 19 heavy (non-hydrogen) atoms. The van der Waals surface area contributed by atoms with Gasteiger partial charge in [0.05, 0.1) is 18.1 Å². The standard InChI is InChI=1S/C16H26O3/c1-15(2,3)9-19-14(18)16-6-10-4-11(7-16)13(17)12(5-10)8-16/h10-13,17H,4-9H2,1-3H3. The van der Waals surface area contributed by atoms with Crippen LogP contribution in [0.15, 0.2) is 0 Å². The van der Waals surface area contributed by atoms with E-state index in [1.807, 2.05) is 0 Å². The highest BCUT2D eigenvalue weighted by Crippen LogP contribution is 2.60. The maximum atomic E-state index is 12.5. The molecule has 3 nitrogen and oxygen atoms in total. The van der Waals surface area contributed by atoms with Crippen LogP contribution in [-0.4, -0.2) is 23.8 Å². The molecule has 0 radical (unpaired) electrons. The predicted octanol–water partition coefficient (Wildman–Crippen LogP) is 2.76. The Morgan fingerprint density at radius 1 is 1.21 bits per heavy atom. The molecule has 0 amide bonds. The van der Waals surface area contributed by atoms with Crippen molar-refractivity contribution in [1.29, 1.82) is 0 Å². The van der Waals surface area contributed by atoms with E-state index in [0.717, 1.165) is 32.1 Å². The molecule has 0 aromatic heterocycles. The van der Waals surface area contributed by atoms with Gasteiger partial charge in [-0.15, -0.1) is 0 Å². The van der Waals surface area contributed by atoms with Gasteiger partial charge in [-0.05, 0) is 55.3 Å². The van der Waals surface area contributed by atoms with Crippen LogP contribution in [0.2, 0.25) is 0 Å². The molecule has 4 rings (SSSR count). The molecule has 0 aromatic carbocycles. The smallest absolute Gasteiger partial charge is 0.312 e. The van der Waals surface area contributed by atoms with Crippen molar-refractivity contribution in [1.82, 2.24) is 0 Å². The van der Waals surface area contributed by atoms with E-state index in [4.69, 9.17) is 4.74 Å². The summed E-state index contributed by atoms with van der Waals surface area (Å²) in [5.74, 6) is 1.33. The SMILES string of the molecule is CC(C)(C)COC(=O)C12CC3CC(C1)C(O)C(C3)C2. The fraction of sp³-hybridized carbons (Fsp3) is 0.938. The molecule has 0 aromatic rings. The lowest BCUT2D eigenvalue weighted by molar-refractivity contribution is -0.186. The monoisotopic (exact) mass is 266 g/mol. The molecular formula is C16H26O3. The first-order valence-corrected chi connectivity index (χ1v) is 7.64. The molecule has 4 bridgehead atoms. The number of ether oxygens (including phenoxy) is 1. The molecule has 0 aliphatic heterocycles. The van der Waals surface area contributed by atoms with Crippen molar-refractivity contribution in [2.45, 2.75) is 59.0 Å². The number of carbonyl (C=O) groups is 1. The third-order valence-corrected chi connectivity index (χ3v) is 5.29. The molecule has 4 aliphatic rings. The van der Waals surface area contributed by atoms with E-state index in [-0.39, 0.29) is 22.9 Å². The summed E-state index contributed by atoms with van der Waals surface area (Å²) in [5, 5.41) is 10.2. The molecule has 0 heterocycles. The third-order valence-electron chi connectivity index (χ3n) is 5.29. The summed E-state index contributed by atoms with van der Waals surface area (Å²) in [6.07, 6.45) is 4.77. The largest absolute Gasteiger partial charge is 0.465 e. The van der Waals surface area contributed by atoms with Crippen molar-refractivity contribution < 1.29 is 14.6 Å². The molecule has 1 N–H and O–H groups in total. The molecule has 4 fully saturated rings. The highest BCUT2D eigenvalue weighted by molar-refractivity contribution is 5.77. The Morgan fingerprint density at radius 2 is 1.79 bits per heavy atom. The summed E-state index contributed by atoms with van der Waals surface area (Å²) in [6.45, 7) is 6.76. The van der Waals surface area contributed by atoms with Crippen LogP contribution in [0.1, 0.15) is 52.9 Å². The molecule has 108 valence electrons. The van der Waals surface area contributed by atoms with Gasteiger partial charge in [0.2, 0.25) is 0 Å². The number of hydrogen-bond donors (Lipinski definition) is 1. The summed E-state index contributed by atoms with van der Waals surface area (Å²) < 4.78 is 5.61. The number of carbonyl (C=O) groups excluding carboxylic acids is 1. The van der Waals surface area contributed by atoms with E-state index in [9.17, 15) is 9.90 Å². The normalized spacial score (nSPS) is 44.4. The lowest BCUT2D eigenvalue weighted by Crippen LogP contribution is -2.56. The third kappa shape index (κ3) is 2.31. The topological polar surface area (TPSA) is 46.5 Å². The van der Waals surface area contributed by atoms with Crippen molar-refractivity contribution in [2.24, 2.45) is 28.6 Å². The Balaban J connectivity index is 1.72. The second-order valence-corrected chi connectivity index (χ2v) is 8.38. The summed E-state index contributed by atoms with van der Waals surface area (Å²) in [7, 11) is 0. The quantitative estimate of drug-likeness (QED) is 0.782. The van der Waals surface area contributed by atoms with E-state index in [1.165, 1.54) is 0 Å². The minimum Gasteiger partial charge on any atom is -0.465 e. The van der Waals surface area contributed by atoms with E-state index in [0.29, 0.717) is 24.4 Å². The molecule has 0 saturated heterocycles. The average molecular weight is 266 g/mol. The van der Waals surface area contributed by atoms with E-state index >= 15 is 0 Å². The molecular weight excluding hydrogens is 240 g/mol. The minimum absolute atomic E-state index is 0.00808. The minimum atomic E-state index is -0.263. The number of rotatable bonds is 2. The number of esters is 1. The molecule has 4 saturated carbocycles. The van der Waals surface area contributed by atoms with Gasteiger partial charge in [0.1, 0.15) is 0 Å².